The molecule has 146 valence electrons. The zero-order valence-electron chi connectivity index (χ0n) is 17.2. The molecule has 0 aromatic heterocycles. The highest BCUT2D eigenvalue weighted by molar-refractivity contribution is 5.85. The van der Waals surface area contributed by atoms with Crippen LogP contribution in [-0.4, -0.2) is 5.91 Å². The second kappa shape index (κ2) is 6.67. The van der Waals surface area contributed by atoms with E-state index in [0.29, 0.717) is 16.7 Å². The van der Waals surface area contributed by atoms with E-state index in [1.807, 2.05) is 0 Å². The van der Waals surface area contributed by atoms with E-state index < -0.39 is 0 Å². The quantitative estimate of drug-likeness (QED) is 0.646. The highest BCUT2D eigenvalue weighted by Gasteiger charge is 2.59. The maximum Gasteiger partial charge on any atom is 0.241 e. The van der Waals surface area contributed by atoms with E-state index in [2.05, 4.69) is 26.8 Å². The van der Waals surface area contributed by atoms with Crippen LogP contribution in [0.3, 0.4) is 0 Å². The summed E-state index contributed by atoms with van der Waals surface area (Å²) in [7, 11) is 0. The minimum atomic E-state index is -0.302. The first-order chi connectivity index (χ1) is 12.4. The Morgan fingerprint density at radius 1 is 0.962 bits per heavy atom. The molecule has 2 nitrogen and oxygen atoms in total. The van der Waals surface area contributed by atoms with Crippen LogP contribution in [0.5, 0.6) is 0 Å². The van der Waals surface area contributed by atoms with Gasteiger partial charge in [0.15, 0.2) is 0 Å². The normalized spacial score (nSPS) is 49.3. The van der Waals surface area contributed by atoms with Crippen LogP contribution >= 0.6 is 0 Å². The molecule has 4 aliphatic carbocycles. The van der Waals surface area contributed by atoms with Gasteiger partial charge in [-0.3, -0.25) is 4.79 Å². The molecule has 0 aromatic carbocycles. The lowest BCUT2D eigenvalue weighted by atomic mass is 9.44. The lowest BCUT2D eigenvalue weighted by Gasteiger charge is -2.60. The Balaban J connectivity index is 1.55. The minimum Gasteiger partial charge on any atom is -0.366 e. The van der Waals surface area contributed by atoms with Crippen LogP contribution in [0.1, 0.15) is 85.0 Å². The molecule has 1 unspecified atom stereocenters. The molecule has 2 heteroatoms. The fourth-order valence-corrected chi connectivity index (χ4v) is 8.58. The number of carbonyl (C=O) groups is 1. The zero-order valence-corrected chi connectivity index (χ0v) is 17.2. The highest BCUT2D eigenvalue weighted by atomic mass is 16.1. The summed E-state index contributed by atoms with van der Waals surface area (Å²) in [4.78, 5) is 11.2. The Bertz CT molecular complexity index is 583. The first-order valence-corrected chi connectivity index (χ1v) is 11.3. The molecule has 0 radical (unpaired) electrons. The smallest absolute Gasteiger partial charge is 0.241 e. The van der Waals surface area contributed by atoms with Crippen molar-refractivity contribution in [3.63, 3.8) is 0 Å². The first-order valence-electron chi connectivity index (χ1n) is 11.3. The van der Waals surface area contributed by atoms with Crippen LogP contribution in [0.25, 0.3) is 0 Å². The number of nitrogens with two attached hydrogens (primary N) is 1. The van der Waals surface area contributed by atoms with Gasteiger partial charge in [-0.1, -0.05) is 39.7 Å². The molecular formula is C24H39NO. The van der Waals surface area contributed by atoms with Gasteiger partial charge < -0.3 is 5.73 Å². The highest BCUT2D eigenvalue weighted by Crippen LogP contribution is 2.68. The zero-order chi connectivity index (χ0) is 18.5. The molecule has 0 aliphatic heterocycles. The lowest BCUT2D eigenvalue weighted by Crippen LogP contribution is -2.53. The third-order valence-electron chi connectivity index (χ3n) is 9.86. The standard InChI is InChI=1S/C24H39NO/c1-16(7-12-22(25)26)19-10-11-20-18-9-8-17-6-4-5-14-23(17,2)21(18)13-15-24(19,20)3/h7,12,16-21H,4-6,8-11,13-15H2,1-3H3,(H2,25,26)/t16-,17?,18+,19-,20+,21+,23+,24-/m1/s1. The molecule has 0 aromatic rings. The van der Waals surface area contributed by atoms with E-state index in [9.17, 15) is 4.79 Å². The van der Waals surface area contributed by atoms with Crippen molar-refractivity contribution in [1.29, 1.82) is 0 Å². The van der Waals surface area contributed by atoms with E-state index in [1.54, 1.807) is 6.08 Å². The average molecular weight is 358 g/mol. The molecule has 0 heterocycles. The van der Waals surface area contributed by atoms with Gasteiger partial charge in [0, 0.05) is 0 Å². The average Bonchev–Trinajstić information content (AvgIpc) is 2.96. The Labute approximate surface area is 160 Å². The van der Waals surface area contributed by atoms with Gasteiger partial charge in [-0.2, -0.15) is 0 Å². The number of rotatable bonds is 3. The van der Waals surface area contributed by atoms with Crippen molar-refractivity contribution in [2.45, 2.75) is 85.0 Å². The van der Waals surface area contributed by atoms with Crippen molar-refractivity contribution in [1.82, 2.24) is 0 Å². The van der Waals surface area contributed by atoms with Crippen LogP contribution in [-0.2, 0) is 4.79 Å². The predicted molar refractivity (Wildman–Crippen MR) is 107 cm³/mol. The predicted octanol–water partition coefficient (Wildman–Crippen LogP) is 5.71. The van der Waals surface area contributed by atoms with Crippen molar-refractivity contribution in [3.05, 3.63) is 12.2 Å². The Morgan fingerprint density at radius 2 is 1.73 bits per heavy atom. The summed E-state index contributed by atoms with van der Waals surface area (Å²) in [6, 6.07) is 0. The van der Waals surface area contributed by atoms with Gasteiger partial charge in [0.25, 0.3) is 0 Å². The van der Waals surface area contributed by atoms with Crippen molar-refractivity contribution in [2.24, 2.45) is 52.1 Å². The van der Waals surface area contributed by atoms with E-state index >= 15 is 0 Å². The fourth-order valence-electron chi connectivity index (χ4n) is 8.58. The van der Waals surface area contributed by atoms with Crippen LogP contribution in [0.4, 0.5) is 0 Å². The fraction of sp³-hybridized carbons (Fsp3) is 0.875. The first kappa shape index (κ1) is 18.6. The van der Waals surface area contributed by atoms with Crippen molar-refractivity contribution in [2.75, 3.05) is 0 Å². The molecule has 4 aliphatic rings. The molecule has 1 amide bonds. The van der Waals surface area contributed by atoms with E-state index in [-0.39, 0.29) is 5.91 Å². The van der Waals surface area contributed by atoms with Crippen LogP contribution < -0.4 is 5.73 Å². The number of primary amides is 1. The van der Waals surface area contributed by atoms with Gasteiger partial charge in [-0.25, -0.2) is 0 Å². The largest absolute Gasteiger partial charge is 0.366 e. The molecule has 4 rings (SSSR count). The van der Waals surface area contributed by atoms with Gasteiger partial charge in [0.2, 0.25) is 5.91 Å². The van der Waals surface area contributed by atoms with Crippen molar-refractivity contribution >= 4 is 5.91 Å². The minimum absolute atomic E-state index is 0.302. The van der Waals surface area contributed by atoms with E-state index in [0.717, 1.165) is 29.6 Å². The van der Waals surface area contributed by atoms with E-state index in [4.69, 9.17) is 5.73 Å². The summed E-state index contributed by atoms with van der Waals surface area (Å²) in [5, 5.41) is 0. The van der Waals surface area contributed by atoms with Crippen LogP contribution in [0.2, 0.25) is 0 Å². The molecule has 26 heavy (non-hydrogen) atoms. The summed E-state index contributed by atoms with van der Waals surface area (Å²) >= 11 is 0. The molecule has 4 saturated carbocycles. The van der Waals surface area contributed by atoms with Gasteiger partial charge >= 0.3 is 0 Å². The van der Waals surface area contributed by atoms with Gasteiger partial charge in [-0.05, 0) is 104 Å². The van der Waals surface area contributed by atoms with Gasteiger partial charge in [-0.15, -0.1) is 0 Å². The number of hydrogen-bond acceptors (Lipinski definition) is 1. The number of allylic oxidation sites excluding steroid dienone is 1. The number of fused-ring (bicyclic) bond motifs is 5. The Hall–Kier alpha value is -0.790. The molecule has 8 atom stereocenters. The number of carbonyl (C=O) groups excluding carboxylic acids is 1. The van der Waals surface area contributed by atoms with E-state index in [1.165, 1.54) is 64.2 Å². The number of amides is 1. The van der Waals surface area contributed by atoms with Crippen LogP contribution in [0.15, 0.2) is 12.2 Å². The number of hydrogen-bond donors (Lipinski definition) is 1. The molecular weight excluding hydrogens is 318 g/mol. The van der Waals surface area contributed by atoms with Crippen molar-refractivity contribution in [3.8, 4) is 0 Å². The maximum atomic E-state index is 11.2. The summed E-state index contributed by atoms with van der Waals surface area (Å²) < 4.78 is 0. The SMILES string of the molecule is C[C@H](C=CC(N)=O)[C@H]1CC[C@H]2[C@@H]3CCC4CCCC[C@]4(C)[C@H]3CC[C@]12C. The van der Waals surface area contributed by atoms with Gasteiger partial charge in [0.1, 0.15) is 0 Å². The summed E-state index contributed by atoms with van der Waals surface area (Å²) in [6.07, 6.45) is 18.2. The van der Waals surface area contributed by atoms with Crippen molar-refractivity contribution < 1.29 is 4.79 Å². The molecule has 2 N–H and O–H groups in total. The Kier molecular flexibility index (Phi) is 4.77. The summed E-state index contributed by atoms with van der Waals surface area (Å²) in [5.41, 5.74) is 6.45. The van der Waals surface area contributed by atoms with Gasteiger partial charge in [0.05, 0.1) is 0 Å². The monoisotopic (exact) mass is 357 g/mol. The maximum absolute atomic E-state index is 11.2. The summed E-state index contributed by atoms with van der Waals surface area (Å²) in [6.45, 7) is 7.57. The Morgan fingerprint density at radius 3 is 2.50 bits per heavy atom. The summed E-state index contributed by atoms with van der Waals surface area (Å²) in [5.74, 6) is 4.76. The second-order valence-corrected chi connectivity index (χ2v) is 10.8. The third kappa shape index (κ3) is 2.78. The molecule has 0 saturated heterocycles. The van der Waals surface area contributed by atoms with Crippen LogP contribution in [0, 0.1) is 46.3 Å². The second-order valence-electron chi connectivity index (χ2n) is 10.8. The lowest BCUT2D eigenvalue weighted by molar-refractivity contribution is -0.114. The third-order valence-corrected chi connectivity index (χ3v) is 9.86. The molecule has 4 fully saturated rings. The molecule has 0 spiro atoms. The topological polar surface area (TPSA) is 43.1 Å². The molecule has 0 bridgehead atoms.